The lowest BCUT2D eigenvalue weighted by atomic mass is 9.88. The topological polar surface area (TPSA) is 72.4 Å². The third-order valence-corrected chi connectivity index (χ3v) is 4.32. The molecule has 1 aliphatic rings. The van der Waals surface area contributed by atoms with E-state index in [9.17, 15) is 4.79 Å². The highest BCUT2D eigenvalue weighted by Crippen LogP contribution is 2.26. The van der Waals surface area contributed by atoms with E-state index in [1.54, 1.807) is 12.1 Å². The van der Waals surface area contributed by atoms with E-state index in [2.05, 4.69) is 4.90 Å². The Kier molecular flexibility index (Phi) is 4.00. The number of hydrogen-bond acceptors (Lipinski definition) is 4. The molecule has 0 amide bonds. The summed E-state index contributed by atoms with van der Waals surface area (Å²) in [6.07, 6.45) is 1.77. The number of anilines is 3. The molecule has 2 aromatic rings. The van der Waals surface area contributed by atoms with E-state index in [1.165, 1.54) is 5.69 Å². The summed E-state index contributed by atoms with van der Waals surface area (Å²) in [4.78, 5) is 14.8. The van der Waals surface area contributed by atoms with Crippen molar-refractivity contribution in [2.45, 2.75) is 12.8 Å². The van der Waals surface area contributed by atoms with Gasteiger partial charge in [0.2, 0.25) is 0 Å². The van der Waals surface area contributed by atoms with E-state index in [0.717, 1.165) is 37.2 Å². The van der Waals surface area contributed by atoms with Crippen LogP contribution in [0.3, 0.4) is 0 Å². The molecule has 2 aromatic carbocycles. The van der Waals surface area contributed by atoms with Crippen LogP contribution in [0.4, 0.5) is 17.1 Å². The summed E-state index contributed by atoms with van der Waals surface area (Å²) in [6.45, 7) is 1.80. The maximum absolute atomic E-state index is 12.5. The molecule has 0 radical (unpaired) electrons. The summed E-state index contributed by atoms with van der Waals surface area (Å²) in [6, 6.07) is 15.1. The van der Waals surface area contributed by atoms with Gasteiger partial charge in [-0.1, -0.05) is 0 Å². The average molecular weight is 295 g/mol. The first-order valence-electron chi connectivity index (χ1n) is 7.64. The molecule has 4 nitrogen and oxygen atoms in total. The Bertz CT molecular complexity index is 641. The molecule has 1 aliphatic heterocycles. The molecule has 22 heavy (non-hydrogen) atoms. The van der Waals surface area contributed by atoms with Crippen LogP contribution in [0.1, 0.15) is 23.2 Å². The van der Waals surface area contributed by atoms with Crippen molar-refractivity contribution in [1.82, 2.24) is 0 Å². The third-order valence-electron chi connectivity index (χ3n) is 4.32. The predicted molar refractivity (Wildman–Crippen MR) is 91.0 cm³/mol. The molecule has 1 heterocycles. The molecular weight excluding hydrogens is 274 g/mol. The summed E-state index contributed by atoms with van der Waals surface area (Å²) in [5.41, 5.74) is 14.8. The van der Waals surface area contributed by atoms with Crippen LogP contribution in [0.25, 0.3) is 0 Å². The normalized spacial score (nSPS) is 15.7. The number of nitrogens with zero attached hydrogens (tertiary/aromatic N) is 1. The van der Waals surface area contributed by atoms with Crippen LogP contribution < -0.4 is 16.4 Å². The fraction of sp³-hybridized carbons (Fsp3) is 0.278. The van der Waals surface area contributed by atoms with Gasteiger partial charge in [-0.15, -0.1) is 0 Å². The van der Waals surface area contributed by atoms with Crippen molar-refractivity contribution in [3.8, 4) is 0 Å². The lowest BCUT2D eigenvalue weighted by Crippen LogP contribution is -2.36. The maximum atomic E-state index is 12.5. The van der Waals surface area contributed by atoms with E-state index >= 15 is 0 Å². The summed E-state index contributed by atoms with van der Waals surface area (Å²) in [5, 5.41) is 0. The average Bonchev–Trinajstić information content (AvgIpc) is 2.56. The number of rotatable bonds is 3. The van der Waals surface area contributed by atoms with Gasteiger partial charge >= 0.3 is 0 Å². The minimum Gasteiger partial charge on any atom is -0.399 e. The second kappa shape index (κ2) is 6.10. The van der Waals surface area contributed by atoms with Crippen LogP contribution in [0.15, 0.2) is 48.5 Å². The number of hydrogen-bond donors (Lipinski definition) is 2. The third kappa shape index (κ3) is 3.06. The quantitative estimate of drug-likeness (QED) is 0.674. The molecule has 0 spiro atoms. The zero-order valence-electron chi connectivity index (χ0n) is 12.5. The minimum absolute atomic E-state index is 0.105. The van der Waals surface area contributed by atoms with Gasteiger partial charge in [0.25, 0.3) is 0 Å². The van der Waals surface area contributed by atoms with Crippen molar-refractivity contribution >= 4 is 22.8 Å². The molecule has 3 rings (SSSR count). The fourth-order valence-electron chi connectivity index (χ4n) is 2.97. The number of Topliss-reactive ketones (excluding diaryl/α,β-unsaturated/α-hetero) is 1. The van der Waals surface area contributed by atoms with Crippen molar-refractivity contribution in [1.29, 1.82) is 0 Å². The molecule has 0 saturated carbocycles. The van der Waals surface area contributed by atoms with Crippen molar-refractivity contribution in [2.24, 2.45) is 5.92 Å². The summed E-state index contributed by atoms with van der Waals surface area (Å²) in [5.74, 6) is 0.339. The van der Waals surface area contributed by atoms with Gasteiger partial charge in [-0.05, 0) is 61.4 Å². The van der Waals surface area contributed by atoms with Gasteiger partial charge in [0, 0.05) is 41.6 Å². The molecule has 0 unspecified atom stereocenters. The van der Waals surface area contributed by atoms with E-state index in [4.69, 9.17) is 11.5 Å². The number of nitrogen functional groups attached to an aromatic ring is 2. The van der Waals surface area contributed by atoms with Crippen LogP contribution in [0.2, 0.25) is 0 Å². The number of ketones is 1. The van der Waals surface area contributed by atoms with Gasteiger partial charge in [-0.3, -0.25) is 4.79 Å². The first-order valence-corrected chi connectivity index (χ1v) is 7.64. The number of nitrogens with two attached hydrogens (primary N) is 2. The second-order valence-electron chi connectivity index (χ2n) is 5.84. The molecule has 0 atom stereocenters. The lowest BCUT2D eigenvalue weighted by Gasteiger charge is -2.33. The number of benzene rings is 2. The predicted octanol–water partition coefficient (Wildman–Crippen LogP) is 2.95. The van der Waals surface area contributed by atoms with Crippen LogP contribution in [-0.2, 0) is 0 Å². The molecule has 4 N–H and O–H groups in total. The lowest BCUT2D eigenvalue weighted by molar-refractivity contribution is 0.0900. The largest absolute Gasteiger partial charge is 0.399 e. The molecule has 1 saturated heterocycles. The van der Waals surface area contributed by atoms with Crippen LogP contribution >= 0.6 is 0 Å². The van der Waals surface area contributed by atoms with Gasteiger partial charge < -0.3 is 16.4 Å². The van der Waals surface area contributed by atoms with E-state index in [0.29, 0.717) is 5.69 Å². The van der Waals surface area contributed by atoms with Crippen LogP contribution in [-0.4, -0.2) is 18.9 Å². The highest BCUT2D eigenvalue weighted by atomic mass is 16.1. The van der Waals surface area contributed by atoms with E-state index in [1.807, 2.05) is 36.4 Å². The first kappa shape index (κ1) is 14.4. The zero-order valence-corrected chi connectivity index (χ0v) is 12.5. The Morgan fingerprint density at radius 1 is 0.864 bits per heavy atom. The first-order chi connectivity index (χ1) is 10.6. The minimum atomic E-state index is 0.105. The Hall–Kier alpha value is -2.49. The van der Waals surface area contributed by atoms with Crippen molar-refractivity contribution < 1.29 is 4.79 Å². The van der Waals surface area contributed by atoms with Crippen molar-refractivity contribution in [3.05, 3.63) is 54.1 Å². The van der Waals surface area contributed by atoms with Gasteiger partial charge in [0.1, 0.15) is 0 Å². The van der Waals surface area contributed by atoms with E-state index < -0.39 is 0 Å². The molecule has 0 bridgehead atoms. The van der Waals surface area contributed by atoms with Gasteiger partial charge in [-0.2, -0.15) is 0 Å². The van der Waals surface area contributed by atoms with Crippen LogP contribution in [0, 0.1) is 5.92 Å². The number of piperidine rings is 1. The molecule has 1 fully saturated rings. The molecule has 114 valence electrons. The molecular formula is C18H21N3O. The van der Waals surface area contributed by atoms with Gasteiger partial charge in [-0.25, -0.2) is 0 Å². The van der Waals surface area contributed by atoms with Crippen molar-refractivity contribution in [3.63, 3.8) is 0 Å². The summed E-state index contributed by atoms with van der Waals surface area (Å²) >= 11 is 0. The SMILES string of the molecule is Nc1ccc(C(=O)C2CCN(c3ccc(N)cc3)CC2)cc1. The van der Waals surface area contributed by atoms with E-state index in [-0.39, 0.29) is 11.7 Å². The Morgan fingerprint density at radius 2 is 1.36 bits per heavy atom. The Labute approximate surface area is 130 Å². The Balaban J connectivity index is 1.62. The molecule has 0 aliphatic carbocycles. The monoisotopic (exact) mass is 295 g/mol. The molecule has 0 aromatic heterocycles. The Morgan fingerprint density at radius 3 is 1.91 bits per heavy atom. The van der Waals surface area contributed by atoms with Crippen LogP contribution in [0.5, 0.6) is 0 Å². The highest BCUT2D eigenvalue weighted by molar-refractivity contribution is 5.98. The standard InChI is InChI=1S/C18H21N3O/c19-15-3-1-13(2-4-15)18(22)14-9-11-21(12-10-14)17-7-5-16(20)6-8-17/h1-8,14H,9-12,19-20H2. The van der Waals surface area contributed by atoms with Crippen molar-refractivity contribution in [2.75, 3.05) is 29.5 Å². The fourth-order valence-corrected chi connectivity index (χ4v) is 2.97. The maximum Gasteiger partial charge on any atom is 0.166 e. The second-order valence-corrected chi connectivity index (χ2v) is 5.84. The number of carbonyl (C=O) groups excluding carboxylic acids is 1. The summed E-state index contributed by atoms with van der Waals surface area (Å²) < 4.78 is 0. The number of carbonyl (C=O) groups is 1. The van der Waals surface area contributed by atoms with Gasteiger partial charge in [0.05, 0.1) is 0 Å². The zero-order chi connectivity index (χ0) is 15.5. The van der Waals surface area contributed by atoms with Gasteiger partial charge in [0.15, 0.2) is 5.78 Å². The summed E-state index contributed by atoms with van der Waals surface area (Å²) in [7, 11) is 0. The molecule has 4 heteroatoms. The highest BCUT2D eigenvalue weighted by Gasteiger charge is 2.25. The smallest absolute Gasteiger partial charge is 0.166 e.